The van der Waals surface area contributed by atoms with E-state index in [1.54, 1.807) is 19.1 Å². The minimum absolute atomic E-state index is 0.0634. The van der Waals surface area contributed by atoms with Crippen molar-refractivity contribution >= 4 is 34.8 Å². The predicted octanol–water partition coefficient (Wildman–Crippen LogP) is 3.85. The first-order valence-electron chi connectivity index (χ1n) is 5.03. The Morgan fingerprint density at radius 3 is 2.39 bits per heavy atom. The molecule has 1 amide bonds. The van der Waals surface area contributed by atoms with Gasteiger partial charge in [0.05, 0.1) is 10.0 Å². The molecule has 0 spiro atoms. The van der Waals surface area contributed by atoms with E-state index in [2.05, 4.69) is 5.32 Å². The summed E-state index contributed by atoms with van der Waals surface area (Å²) < 4.78 is 5.17. The molecule has 2 aromatic rings. The number of carbonyl (C=O) groups is 1. The summed E-state index contributed by atoms with van der Waals surface area (Å²) in [7, 11) is 0. The van der Waals surface area contributed by atoms with Gasteiger partial charge in [0.25, 0.3) is 5.91 Å². The number of carbonyl (C=O) groups excluding carboxylic acids is 1. The highest BCUT2D eigenvalue weighted by Gasteiger charge is 2.12. The molecule has 1 aromatic heterocycles. The number of aromatic hydroxyl groups is 1. The molecule has 2 rings (SSSR count). The van der Waals surface area contributed by atoms with Gasteiger partial charge in [-0.1, -0.05) is 23.2 Å². The summed E-state index contributed by atoms with van der Waals surface area (Å²) in [5.74, 6) is 0.195. The third-order valence-electron chi connectivity index (χ3n) is 2.24. The highest BCUT2D eigenvalue weighted by molar-refractivity contribution is 6.37. The van der Waals surface area contributed by atoms with Gasteiger partial charge < -0.3 is 14.8 Å². The summed E-state index contributed by atoms with van der Waals surface area (Å²) in [5, 5.41) is 12.1. The average Bonchev–Trinajstić information content (AvgIpc) is 2.72. The van der Waals surface area contributed by atoms with E-state index < -0.39 is 5.91 Å². The lowest BCUT2D eigenvalue weighted by Gasteiger charge is -2.06. The Bertz CT molecular complexity index is 584. The quantitative estimate of drug-likeness (QED) is 0.824. The minimum Gasteiger partial charge on any atom is -0.505 e. The number of phenolic OH excluding ortho intramolecular Hbond substituents is 1. The normalized spacial score (nSPS) is 10.4. The van der Waals surface area contributed by atoms with Gasteiger partial charge in [0.15, 0.2) is 11.5 Å². The molecular weight excluding hydrogens is 277 g/mol. The third kappa shape index (κ3) is 2.60. The number of furan rings is 1. The van der Waals surface area contributed by atoms with Gasteiger partial charge in [-0.25, -0.2) is 0 Å². The molecule has 1 heterocycles. The van der Waals surface area contributed by atoms with Crippen molar-refractivity contribution in [2.45, 2.75) is 6.92 Å². The third-order valence-corrected chi connectivity index (χ3v) is 2.82. The van der Waals surface area contributed by atoms with E-state index >= 15 is 0 Å². The minimum atomic E-state index is -0.416. The molecule has 0 bridgehead atoms. The molecule has 0 saturated heterocycles. The van der Waals surface area contributed by atoms with Crippen molar-refractivity contribution < 1.29 is 14.3 Å². The molecule has 0 aliphatic rings. The Morgan fingerprint density at radius 1 is 1.28 bits per heavy atom. The van der Waals surface area contributed by atoms with Crippen LogP contribution in [0, 0.1) is 6.92 Å². The fourth-order valence-corrected chi connectivity index (χ4v) is 1.87. The standard InChI is InChI=1S/C12H9Cl2NO3/c1-6-2-3-10(18-6)12(17)15-7-4-8(13)11(16)9(14)5-7/h2-5,16H,1H3,(H,15,17). The summed E-state index contributed by atoms with van der Waals surface area (Å²) in [6.07, 6.45) is 0. The van der Waals surface area contributed by atoms with Crippen LogP contribution in [0.25, 0.3) is 0 Å². The molecule has 0 unspecified atom stereocenters. The van der Waals surface area contributed by atoms with Crippen LogP contribution in [0.4, 0.5) is 5.69 Å². The number of benzene rings is 1. The number of anilines is 1. The maximum Gasteiger partial charge on any atom is 0.291 e. The van der Waals surface area contributed by atoms with Crippen molar-refractivity contribution in [1.29, 1.82) is 0 Å². The Kier molecular flexibility index (Phi) is 3.50. The van der Waals surface area contributed by atoms with Crippen LogP contribution in [0.15, 0.2) is 28.7 Å². The molecule has 0 aliphatic heterocycles. The highest BCUT2D eigenvalue weighted by atomic mass is 35.5. The number of phenols is 1. The van der Waals surface area contributed by atoms with Gasteiger partial charge >= 0.3 is 0 Å². The summed E-state index contributed by atoms with van der Waals surface area (Å²) in [4.78, 5) is 11.8. The van der Waals surface area contributed by atoms with Crippen LogP contribution in [-0.2, 0) is 0 Å². The first kappa shape index (κ1) is 12.8. The van der Waals surface area contributed by atoms with Gasteiger partial charge in [-0.2, -0.15) is 0 Å². The zero-order valence-electron chi connectivity index (χ0n) is 9.33. The zero-order chi connectivity index (χ0) is 13.3. The van der Waals surface area contributed by atoms with Crippen molar-refractivity contribution in [2.75, 3.05) is 5.32 Å². The largest absolute Gasteiger partial charge is 0.505 e. The highest BCUT2D eigenvalue weighted by Crippen LogP contribution is 2.34. The van der Waals surface area contributed by atoms with Crippen LogP contribution >= 0.6 is 23.2 Å². The second-order valence-corrected chi connectivity index (χ2v) is 4.47. The molecule has 6 heteroatoms. The van der Waals surface area contributed by atoms with Gasteiger partial charge in [-0.3, -0.25) is 4.79 Å². The van der Waals surface area contributed by atoms with Gasteiger partial charge in [0.2, 0.25) is 0 Å². The van der Waals surface area contributed by atoms with Gasteiger partial charge in [0, 0.05) is 5.69 Å². The molecule has 1 aromatic carbocycles. The van der Waals surface area contributed by atoms with Crippen LogP contribution in [0.3, 0.4) is 0 Å². The maximum absolute atomic E-state index is 11.8. The maximum atomic E-state index is 11.8. The van der Waals surface area contributed by atoms with E-state index in [0.717, 1.165) is 0 Å². The van der Waals surface area contributed by atoms with Crippen molar-refractivity contribution in [1.82, 2.24) is 0 Å². The Balaban J connectivity index is 2.22. The Labute approximate surface area is 113 Å². The zero-order valence-corrected chi connectivity index (χ0v) is 10.8. The Morgan fingerprint density at radius 2 is 1.89 bits per heavy atom. The smallest absolute Gasteiger partial charge is 0.291 e. The van der Waals surface area contributed by atoms with Gasteiger partial charge in [-0.15, -0.1) is 0 Å². The lowest BCUT2D eigenvalue weighted by molar-refractivity contribution is 0.0995. The second kappa shape index (κ2) is 4.92. The average molecular weight is 286 g/mol. The molecule has 18 heavy (non-hydrogen) atoms. The molecular formula is C12H9Cl2NO3. The summed E-state index contributed by atoms with van der Waals surface area (Å²) in [5.41, 5.74) is 0.377. The topological polar surface area (TPSA) is 62.5 Å². The van der Waals surface area contributed by atoms with Crippen LogP contribution < -0.4 is 5.32 Å². The summed E-state index contributed by atoms with van der Waals surface area (Å²) in [6.45, 7) is 1.74. The number of aryl methyl sites for hydroxylation is 1. The van der Waals surface area contributed by atoms with Crippen molar-refractivity contribution in [2.24, 2.45) is 0 Å². The number of halogens is 2. The lowest BCUT2D eigenvalue weighted by atomic mass is 10.3. The van der Waals surface area contributed by atoms with Crippen LogP contribution in [0.2, 0.25) is 10.0 Å². The molecule has 4 nitrogen and oxygen atoms in total. The van der Waals surface area contributed by atoms with E-state index in [4.69, 9.17) is 27.6 Å². The number of nitrogens with one attached hydrogen (secondary N) is 1. The molecule has 0 fully saturated rings. The van der Waals surface area contributed by atoms with E-state index in [9.17, 15) is 9.90 Å². The number of rotatable bonds is 2. The fraction of sp³-hybridized carbons (Fsp3) is 0.0833. The second-order valence-electron chi connectivity index (χ2n) is 3.65. The first-order valence-corrected chi connectivity index (χ1v) is 5.79. The number of hydrogen-bond donors (Lipinski definition) is 2. The molecule has 2 N–H and O–H groups in total. The molecule has 0 aliphatic carbocycles. The molecule has 94 valence electrons. The monoisotopic (exact) mass is 285 g/mol. The van der Waals surface area contributed by atoms with Crippen molar-refractivity contribution in [3.8, 4) is 5.75 Å². The molecule has 0 radical (unpaired) electrons. The van der Waals surface area contributed by atoms with E-state index in [1.807, 2.05) is 0 Å². The van der Waals surface area contributed by atoms with E-state index in [-0.39, 0.29) is 21.6 Å². The summed E-state index contributed by atoms with van der Waals surface area (Å²) >= 11 is 11.5. The molecule has 0 atom stereocenters. The predicted molar refractivity (Wildman–Crippen MR) is 69.5 cm³/mol. The fourth-order valence-electron chi connectivity index (χ4n) is 1.39. The Hall–Kier alpha value is -1.65. The number of amides is 1. The summed E-state index contributed by atoms with van der Waals surface area (Å²) in [6, 6.07) is 6.05. The van der Waals surface area contributed by atoms with Gasteiger partial charge in [-0.05, 0) is 31.2 Å². The van der Waals surface area contributed by atoms with E-state index in [1.165, 1.54) is 12.1 Å². The van der Waals surface area contributed by atoms with Crippen molar-refractivity contribution in [3.05, 3.63) is 45.8 Å². The first-order chi connectivity index (χ1) is 8.47. The van der Waals surface area contributed by atoms with Crippen molar-refractivity contribution in [3.63, 3.8) is 0 Å². The van der Waals surface area contributed by atoms with Crippen LogP contribution in [0.1, 0.15) is 16.3 Å². The van der Waals surface area contributed by atoms with Crippen LogP contribution in [-0.4, -0.2) is 11.0 Å². The van der Waals surface area contributed by atoms with Gasteiger partial charge in [0.1, 0.15) is 5.76 Å². The van der Waals surface area contributed by atoms with Crippen LogP contribution in [0.5, 0.6) is 5.75 Å². The SMILES string of the molecule is Cc1ccc(C(=O)Nc2cc(Cl)c(O)c(Cl)c2)o1. The number of hydrogen-bond acceptors (Lipinski definition) is 3. The van der Waals surface area contributed by atoms with E-state index in [0.29, 0.717) is 11.4 Å². The lowest BCUT2D eigenvalue weighted by Crippen LogP contribution is -2.10. The molecule has 0 saturated carbocycles.